The summed E-state index contributed by atoms with van der Waals surface area (Å²) in [5.74, 6) is -8.50. The number of halogens is 9. The Kier molecular flexibility index (Phi) is 18.4. The first-order valence-electron chi connectivity index (χ1n) is 13.5. The molecule has 3 aromatic rings. The van der Waals surface area contributed by atoms with Crippen molar-refractivity contribution in [2.45, 2.75) is 58.6 Å². The fourth-order valence-electron chi connectivity index (χ4n) is 3.26. The average Bonchev–Trinajstić information content (AvgIpc) is 2.97. The Morgan fingerprint density at radius 3 is 0.694 bits per heavy atom. The van der Waals surface area contributed by atoms with Gasteiger partial charge in [-0.3, -0.25) is 28.8 Å². The third-order valence-electron chi connectivity index (χ3n) is 6.03. The maximum Gasteiger partial charge on any atom is 0.450 e. The minimum Gasteiger partial charge on any atom is -0.294 e. The summed E-state index contributed by atoms with van der Waals surface area (Å²) in [6.45, 7) is 5.36. The SMILES string of the molecule is Cc1ccc(C(=O)CC(=O)C(F)(F)F)cc1.Cc1ccc(C(=O)CC(=O)C(F)(F)F)cc1.Cc1ccc(C(=O)CC(=O)C(F)(F)F)cc1.[Eu]. The van der Waals surface area contributed by atoms with Crippen LogP contribution in [0.2, 0.25) is 0 Å². The van der Waals surface area contributed by atoms with E-state index in [1.165, 1.54) is 36.4 Å². The number of aryl methyl sites for hydroxylation is 3. The van der Waals surface area contributed by atoms with Crippen LogP contribution >= 0.6 is 0 Å². The van der Waals surface area contributed by atoms with Crippen LogP contribution in [0.1, 0.15) is 67.0 Å². The van der Waals surface area contributed by atoms with Crippen LogP contribution in [0, 0.1) is 70.1 Å². The van der Waals surface area contributed by atoms with Crippen LogP contribution in [0.3, 0.4) is 0 Å². The molecule has 3 aromatic carbocycles. The van der Waals surface area contributed by atoms with Crippen molar-refractivity contribution in [1.29, 1.82) is 0 Å². The molecule has 0 aliphatic carbocycles. The van der Waals surface area contributed by atoms with E-state index >= 15 is 0 Å². The first-order valence-corrected chi connectivity index (χ1v) is 13.5. The van der Waals surface area contributed by atoms with Crippen LogP contribution in [0.25, 0.3) is 0 Å². The first kappa shape index (κ1) is 45.6. The molecule has 0 aromatic heterocycles. The zero-order chi connectivity index (χ0) is 37.0. The van der Waals surface area contributed by atoms with E-state index in [4.69, 9.17) is 0 Å². The van der Waals surface area contributed by atoms with Gasteiger partial charge in [0.1, 0.15) is 0 Å². The van der Waals surface area contributed by atoms with E-state index < -0.39 is 72.5 Å². The molecule has 16 heteroatoms. The number of carbonyl (C=O) groups excluding carboxylic acids is 6. The quantitative estimate of drug-likeness (QED) is 0.123. The molecule has 6 nitrogen and oxygen atoms in total. The zero-order valence-electron chi connectivity index (χ0n) is 25.8. The van der Waals surface area contributed by atoms with Gasteiger partial charge in [0, 0.05) is 66.1 Å². The van der Waals surface area contributed by atoms with E-state index in [9.17, 15) is 68.3 Å². The molecule has 265 valence electrons. The molecule has 0 atom stereocenters. The Labute approximate surface area is 315 Å². The molecule has 0 amide bonds. The molecule has 0 aliphatic rings. The van der Waals surface area contributed by atoms with Gasteiger partial charge in [0.2, 0.25) is 17.3 Å². The Morgan fingerprint density at radius 1 is 0.388 bits per heavy atom. The predicted octanol–water partition coefficient (Wildman–Crippen LogP) is 8.10. The van der Waals surface area contributed by atoms with Crippen molar-refractivity contribution in [1.82, 2.24) is 0 Å². The fourth-order valence-corrected chi connectivity index (χ4v) is 3.26. The monoisotopic (exact) mass is 843 g/mol. The fraction of sp³-hybridized carbons (Fsp3) is 0.273. The Balaban J connectivity index is 0.000000698. The van der Waals surface area contributed by atoms with Crippen LogP contribution in [0.4, 0.5) is 39.5 Å². The van der Waals surface area contributed by atoms with Crippen LogP contribution in [0.5, 0.6) is 0 Å². The smallest absolute Gasteiger partial charge is 0.294 e. The summed E-state index contributed by atoms with van der Waals surface area (Å²) in [5.41, 5.74) is 3.01. The van der Waals surface area contributed by atoms with Gasteiger partial charge in [-0.1, -0.05) is 89.5 Å². The minimum absolute atomic E-state index is 0. The molecule has 3 rings (SSSR count). The molecule has 0 saturated carbocycles. The van der Waals surface area contributed by atoms with Crippen molar-refractivity contribution < 1.29 is 118 Å². The van der Waals surface area contributed by atoms with Crippen LogP contribution in [0.15, 0.2) is 72.8 Å². The molecule has 0 spiro atoms. The summed E-state index contributed by atoms with van der Waals surface area (Å²) in [6, 6.07) is 18.0. The van der Waals surface area contributed by atoms with Crippen molar-refractivity contribution in [3.63, 3.8) is 0 Å². The molecule has 0 saturated heterocycles. The number of carbonyl (C=O) groups is 6. The van der Waals surface area contributed by atoms with Gasteiger partial charge in [0.05, 0.1) is 19.3 Å². The van der Waals surface area contributed by atoms with Crippen molar-refractivity contribution in [3.8, 4) is 0 Å². The topological polar surface area (TPSA) is 102 Å². The van der Waals surface area contributed by atoms with Gasteiger partial charge in [-0.25, -0.2) is 0 Å². The summed E-state index contributed by atoms with van der Waals surface area (Å²) >= 11 is 0. The molecule has 1 radical (unpaired) electrons. The maximum absolute atomic E-state index is 11.9. The summed E-state index contributed by atoms with van der Waals surface area (Å²) in [5, 5.41) is 0. The van der Waals surface area contributed by atoms with Crippen LogP contribution in [-0.2, 0) is 14.4 Å². The number of hydrogen-bond donors (Lipinski definition) is 0. The van der Waals surface area contributed by atoms with E-state index in [0.29, 0.717) is 0 Å². The van der Waals surface area contributed by atoms with Gasteiger partial charge < -0.3 is 0 Å². The van der Waals surface area contributed by atoms with Gasteiger partial charge in [-0.2, -0.15) is 39.5 Å². The van der Waals surface area contributed by atoms with E-state index in [0.717, 1.165) is 16.7 Å². The van der Waals surface area contributed by atoms with Crippen molar-refractivity contribution in [2.75, 3.05) is 0 Å². The van der Waals surface area contributed by atoms with Crippen molar-refractivity contribution >= 4 is 34.7 Å². The van der Waals surface area contributed by atoms with E-state index in [2.05, 4.69) is 0 Å². The summed E-state index contributed by atoms with van der Waals surface area (Å²) in [7, 11) is 0. The molecular weight excluding hydrogens is 815 g/mol. The van der Waals surface area contributed by atoms with Gasteiger partial charge >= 0.3 is 18.5 Å². The third-order valence-corrected chi connectivity index (χ3v) is 6.03. The molecule has 0 aliphatic heterocycles. The number of Topliss-reactive ketones (excluding diaryl/α,β-unsaturated/α-hetero) is 6. The second kappa shape index (κ2) is 19.7. The summed E-state index contributed by atoms with van der Waals surface area (Å²) in [4.78, 5) is 65.6. The molecule has 0 unspecified atom stereocenters. The number of ketones is 6. The van der Waals surface area contributed by atoms with Crippen LogP contribution < -0.4 is 0 Å². The number of hydrogen-bond acceptors (Lipinski definition) is 6. The standard InChI is InChI=1S/3C11H9F3O2.Eu/c3*1-7-2-4-8(5-3-7)9(15)6-10(16)11(12,13)14;/h3*2-5H,6H2,1H3;. The predicted molar refractivity (Wildman–Crippen MR) is 154 cm³/mol. The maximum atomic E-state index is 11.9. The average molecular weight is 843 g/mol. The molecular formula is C33H27EuF9O6. The van der Waals surface area contributed by atoms with Gasteiger partial charge in [0.25, 0.3) is 0 Å². The number of rotatable bonds is 9. The van der Waals surface area contributed by atoms with Crippen molar-refractivity contribution in [3.05, 3.63) is 106 Å². The van der Waals surface area contributed by atoms with Gasteiger partial charge in [0.15, 0.2) is 17.3 Å². The van der Waals surface area contributed by atoms with Crippen molar-refractivity contribution in [2.24, 2.45) is 0 Å². The molecule has 49 heavy (non-hydrogen) atoms. The Morgan fingerprint density at radius 2 is 0.551 bits per heavy atom. The zero-order valence-corrected chi connectivity index (χ0v) is 28.2. The second-order valence-electron chi connectivity index (χ2n) is 10.2. The molecule has 0 N–H and O–H groups in total. The largest absolute Gasteiger partial charge is 0.450 e. The normalized spacial score (nSPS) is 11.0. The van der Waals surface area contributed by atoms with Gasteiger partial charge in [-0.15, -0.1) is 0 Å². The van der Waals surface area contributed by atoms with E-state index in [1.54, 1.807) is 57.2 Å². The van der Waals surface area contributed by atoms with Crippen LogP contribution in [-0.4, -0.2) is 53.2 Å². The Hall–Kier alpha value is -3.37. The molecule has 0 fully saturated rings. The summed E-state index contributed by atoms with van der Waals surface area (Å²) in [6.07, 6.45) is -18.2. The number of benzene rings is 3. The second-order valence-corrected chi connectivity index (χ2v) is 10.2. The first-order chi connectivity index (χ1) is 21.9. The summed E-state index contributed by atoms with van der Waals surface area (Å²) < 4.78 is 107. The third kappa shape index (κ3) is 17.2. The minimum atomic E-state index is -4.94. The molecule has 0 bridgehead atoms. The Bertz CT molecular complexity index is 1410. The van der Waals surface area contributed by atoms with E-state index in [-0.39, 0.29) is 66.1 Å². The van der Waals surface area contributed by atoms with Gasteiger partial charge in [-0.05, 0) is 20.8 Å². The number of alkyl halides is 9. The van der Waals surface area contributed by atoms with E-state index in [1.807, 2.05) is 0 Å². The molecule has 0 heterocycles.